The van der Waals surface area contributed by atoms with Crippen molar-refractivity contribution in [2.45, 2.75) is 0 Å². The van der Waals surface area contributed by atoms with Crippen LogP contribution in [0.2, 0.25) is 5.02 Å². The van der Waals surface area contributed by atoms with Gasteiger partial charge in [0.25, 0.3) is 5.88 Å². The maximum atomic E-state index is 6.28. The van der Waals surface area contributed by atoms with Crippen LogP contribution in [0.15, 0.2) is 62.5 Å². The summed E-state index contributed by atoms with van der Waals surface area (Å²) in [7, 11) is 0. The fourth-order valence-corrected chi connectivity index (χ4v) is 2.95. The third-order valence-electron chi connectivity index (χ3n) is 3.68. The Kier molecular flexibility index (Phi) is 4.07. The zero-order chi connectivity index (χ0) is 17.4. The first-order valence-corrected chi connectivity index (χ1v) is 8.52. The summed E-state index contributed by atoms with van der Waals surface area (Å²) in [5, 5.41) is 5.19. The predicted octanol–water partition coefficient (Wildman–Crippen LogP) is 3.22. The summed E-state index contributed by atoms with van der Waals surface area (Å²) in [4.78, 5) is 10.1. The second kappa shape index (κ2) is 6.38. The van der Waals surface area contributed by atoms with Gasteiger partial charge in [-0.1, -0.05) is 69.6 Å². The van der Waals surface area contributed by atoms with E-state index in [-0.39, 0.29) is 0 Å². The van der Waals surface area contributed by atoms with Gasteiger partial charge in [0.05, 0.1) is 5.02 Å². The highest BCUT2D eigenvalue weighted by Gasteiger charge is 2.20. The molecule has 0 radical (unpaired) electrons. The van der Waals surface area contributed by atoms with Crippen LogP contribution in [0.5, 0.6) is 0 Å². The van der Waals surface area contributed by atoms with Gasteiger partial charge in [-0.15, -0.1) is 0 Å². The maximum Gasteiger partial charge on any atom is 0.261 e. The monoisotopic (exact) mass is 415 g/mol. The van der Waals surface area contributed by atoms with E-state index in [9.17, 15) is 0 Å². The van der Waals surface area contributed by atoms with Crippen molar-refractivity contribution in [2.24, 2.45) is 4.99 Å². The second-order valence-corrected chi connectivity index (χ2v) is 6.61. The number of amidine groups is 1. The molecule has 7 heteroatoms. The number of nitrogens with one attached hydrogen (secondary N) is 1. The van der Waals surface area contributed by atoms with Crippen molar-refractivity contribution in [2.75, 3.05) is 0 Å². The lowest BCUT2D eigenvalue weighted by Gasteiger charge is -2.00. The van der Waals surface area contributed by atoms with Gasteiger partial charge >= 0.3 is 0 Å². The molecule has 1 aromatic heterocycles. The Hall–Kier alpha value is -2.57. The molecule has 0 amide bonds. The van der Waals surface area contributed by atoms with Crippen LogP contribution in [0.1, 0.15) is 5.56 Å². The van der Waals surface area contributed by atoms with Gasteiger partial charge in [0, 0.05) is 15.6 Å². The number of aliphatic imine (C=N–C) groups is 1. The molecule has 5 nitrogen and oxygen atoms in total. The van der Waals surface area contributed by atoms with Gasteiger partial charge in [0.1, 0.15) is 10.9 Å². The quantitative estimate of drug-likeness (QED) is 0.697. The Bertz CT molecular complexity index is 1090. The smallest absolute Gasteiger partial charge is 0.261 e. The van der Waals surface area contributed by atoms with Crippen molar-refractivity contribution in [1.29, 1.82) is 0 Å². The molecule has 0 aliphatic carbocycles. The van der Waals surface area contributed by atoms with E-state index in [2.05, 4.69) is 38.1 Å². The minimum absolute atomic E-state index is 0.332. The van der Waals surface area contributed by atoms with Crippen LogP contribution in [-0.4, -0.2) is 11.0 Å². The number of halogens is 2. The van der Waals surface area contributed by atoms with Crippen molar-refractivity contribution < 1.29 is 9.36 Å². The number of rotatable bonds is 2. The van der Waals surface area contributed by atoms with Crippen LogP contribution in [0.25, 0.3) is 23.7 Å². The van der Waals surface area contributed by atoms with Crippen LogP contribution in [0.4, 0.5) is 0 Å². The second-order valence-electron chi connectivity index (χ2n) is 5.29. The van der Waals surface area contributed by atoms with Crippen LogP contribution in [0, 0.1) is 0 Å². The Balaban J connectivity index is 1.88. The zero-order valence-corrected chi connectivity index (χ0v) is 15.1. The molecule has 1 N–H and O–H groups in total. The molecule has 1 aliphatic rings. The molecule has 0 bridgehead atoms. The van der Waals surface area contributed by atoms with Gasteiger partial charge in [-0.3, -0.25) is 0 Å². The first kappa shape index (κ1) is 15.9. The maximum absolute atomic E-state index is 6.28. The van der Waals surface area contributed by atoms with Crippen LogP contribution >= 0.6 is 27.5 Å². The molecule has 4 rings (SSSR count). The minimum Gasteiger partial charge on any atom is -0.359 e. The predicted molar refractivity (Wildman–Crippen MR) is 100 cm³/mol. The SMILES string of the molecule is C=c1onc(-c2ccccc2Cl)c1=C1N=C(c2ccc(Br)cc2)NO1. The Morgan fingerprint density at radius 3 is 2.60 bits per heavy atom. The number of benzene rings is 2. The average Bonchev–Trinajstić information content (AvgIpc) is 3.23. The standard InChI is InChI=1S/C18H11BrClN3O2/c1-10-15(16(22-24-10)13-4-2-3-5-14(13)20)18-21-17(23-25-18)11-6-8-12(19)9-7-11/h2-9H,1H2,(H,21,23). The number of hydrogen-bond acceptors (Lipinski definition) is 5. The van der Waals surface area contributed by atoms with Gasteiger partial charge < -0.3 is 9.36 Å². The third-order valence-corrected chi connectivity index (χ3v) is 4.54. The fraction of sp³-hybridized carbons (Fsp3) is 0. The van der Waals surface area contributed by atoms with Crippen LogP contribution < -0.4 is 16.1 Å². The average molecular weight is 417 g/mol. The summed E-state index contributed by atoms with van der Waals surface area (Å²) in [6.45, 7) is 3.87. The van der Waals surface area contributed by atoms with E-state index in [4.69, 9.17) is 21.0 Å². The molecule has 124 valence electrons. The van der Waals surface area contributed by atoms with E-state index >= 15 is 0 Å². The number of aromatic nitrogens is 1. The summed E-state index contributed by atoms with van der Waals surface area (Å²) >= 11 is 9.69. The Morgan fingerprint density at radius 1 is 1.08 bits per heavy atom. The Labute approximate surface area is 156 Å². The summed E-state index contributed by atoms with van der Waals surface area (Å²) in [6, 6.07) is 15.1. The van der Waals surface area contributed by atoms with Crippen LogP contribution in [-0.2, 0) is 4.84 Å². The number of hydrogen-bond donors (Lipinski definition) is 1. The lowest BCUT2D eigenvalue weighted by Crippen LogP contribution is -2.24. The molecular formula is C18H11BrClN3O2. The molecule has 25 heavy (non-hydrogen) atoms. The molecular weight excluding hydrogens is 406 g/mol. The lowest BCUT2D eigenvalue weighted by atomic mass is 10.1. The molecule has 0 unspecified atom stereocenters. The van der Waals surface area contributed by atoms with Crippen molar-refractivity contribution in [3.8, 4) is 11.3 Å². The summed E-state index contributed by atoms with van der Waals surface area (Å²) < 4.78 is 6.24. The van der Waals surface area contributed by atoms with E-state index in [0.717, 1.165) is 15.6 Å². The van der Waals surface area contributed by atoms with Crippen molar-refractivity contribution in [3.05, 3.63) is 74.2 Å². The normalized spacial score (nSPS) is 15.5. The first-order valence-electron chi connectivity index (χ1n) is 7.35. The highest BCUT2D eigenvalue weighted by molar-refractivity contribution is 9.10. The van der Waals surface area contributed by atoms with Crippen molar-refractivity contribution in [1.82, 2.24) is 10.6 Å². The molecule has 0 atom stereocenters. The minimum atomic E-state index is 0.332. The molecule has 2 heterocycles. The molecule has 1 aliphatic heterocycles. The summed E-state index contributed by atoms with van der Waals surface area (Å²) in [6.07, 6.45) is 0. The molecule has 0 spiro atoms. The molecule has 0 saturated heterocycles. The van der Waals surface area contributed by atoms with E-state index in [0.29, 0.717) is 33.1 Å². The fourth-order valence-electron chi connectivity index (χ4n) is 2.46. The molecule has 0 saturated carbocycles. The first-order chi connectivity index (χ1) is 12.1. The number of hydroxylamine groups is 1. The Morgan fingerprint density at radius 2 is 1.84 bits per heavy atom. The van der Waals surface area contributed by atoms with E-state index in [1.165, 1.54) is 0 Å². The highest BCUT2D eigenvalue weighted by Crippen LogP contribution is 2.24. The van der Waals surface area contributed by atoms with Gasteiger partial charge in [-0.05, 0) is 18.2 Å². The topological polar surface area (TPSA) is 59.7 Å². The van der Waals surface area contributed by atoms with Gasteiger partial charge in [0.15, 0.2) is 11.3 Å². The van der Waals surface area contributed by atoms with Crippen molar-refractivity contribution in [3.63, 3.8) is 0 Å². The summed E-state index contributed by atoms with van der Waals surface area (Å²) in [5.74, 6) is 0.923. The zero-order valence-electron chi connectivity index (χ0n) is 12.8. The van der Waals surface area contributed by atoms with Crippen molar-refractivity contribution >= 4 is 45.8 Å². The van der Waals surface area contributed by atoms with E-state index < -0.39 is 0 Å². The van der Waals surface area contributed by atoms with Gasteiger partial charge in [-0.25, -0.2) is 5.48 Å². The molecule has 2 aromatic carbocycles. The molecule has 3 aromatic rings. The highest BCUT2D eigenvalue weighted by atomic mass is 79.9. The lowest BCUT2D eigenvalue weighted by molar-refractivity contribution is 0.229. The van der Waals surface area contributed by atoms with Gasteiger partial charge in [-0.2, -0.15) is 4.99 Å². The van der Waals surface area contributed by atoms with E-state index in [1.807, 2.05) is 42.5 Å². The largest absolute Gasteiger partial charge is 0.359 e. The number of nitrogens with zero attached hydrogens (tertiary/aromatic N) is 2. The molecule has 0 fully saturated rings. The third kappa shape index (κ3) is 2.94. The van der Waals surface area contributed by atoms with E-state index in [1.54, 1.807) is 6.07 Å². The van der Waals surface area contributed by atoms with Gasteiger partial charge in [0.2, 0.25) is 0 Å². The van der Waals surface area contributed by atoms with Crippen LogP contribution in [0.3, 0.4) is 0 Å². The summed E-state index contributed by atoms with van der Waals surface area (Å²) in [5.41, 5.74) is 5.32.